The Morgan fingerprint density at radius 1 is 0.862 bits per heavy atom. The smallest absolute Gasteiger partial charge is 0.0599 e. The molecule has 0 saturated heterocycles. The Balaban J connectivity index is 0.00000240. The van der Waals surface area contributed by atoms with Crippen molar-refractivity contribution in [3.63, 3.8) is 0 Å². The number of hydrogen-bond donors (Lipinski definition) is 1. The van der Waals surface area contributed by atoms with Crippen molar-refractivity contribution in [1.29, 1.82) is 0 Å². The lowest BCUT2D eigenvalue weighted by Gasteiger charge is -2.62. The number of rotatable bonds is 5. The van der Waals surface area contributed by atoms with Gasteiger partial charge in [-0.3, -0.25) is 0 Å². The average molecular weight is 407 g/mol. The Bertz CT molecular complexity index is 545. The van der Waals surface area contributed by atoms with Gasteiger partial charge < -0.3 is 10.6 Å². The van der Waals surface area contributed by atoms with E-state index in [0.29, 0.717) is 5.41 Å². The monoisotopic (exact) mass is 406 g/mol. The Morgan fingerprint density at radius 2 is 1.62 bits per heavy atom. The van der Waals surface area contributed by atoms with Crippen LogP contribution >= 0.6 is 0 Å². The van der Waals surface area contributed by atoms with Crippen LogP contribution in [0.25, 0.3) is 0 Å². The summed E-state index contributed by atoms with van der Waals surface area (Å²) in [7, 11) is 0. The number of aliphatic hydroxyl groups is 1. The fourth-order valence-corrected chi connectivity index (χ4v) is 9.34. The summed E-state index contributed by atoms with van der Waals surface area (Å²) in [4.78, 5) is 0. The zero-order valence-corrected chi connectivity index (χ0v) is 20.1. The van der Waals surface area contributed by atoms with Gasteiger partial charge in [-0.05, 0) is 104 Å². The summed E-state index contributed by atoms with van der Waals surface area (Å²) in [6.07, 6.45) is 16.6. The van der Waals surface area contributed by atoms with Crippen LogP contribution in [0.2, 0.25) is 0 Å². The molecule has 2 nitrogen and oxygen atoms in total. The van der Waals surface area contributed by atoms with E-state index in [9.17, 15) is 5.11 Å². The molecule has 29 heavy (non-hydrogen) atoms. The maximum Gasteiger partial charge on any atom is 0.0599 e. The second-order valence-electron chi connectivity index (χ2n) is 12.5. The summed E-state index contributed by atoms with van der Waals surface area (Å²) in [5.41, 5.74) is 0.810. The van der Waals surface area contributed by atoms with Gasteiger partial charge in [-0.25, -0.2) is 0 Å². The lowest BCUT2D eigenvalue weighted by atomic mass is 9.44. The average Bonchev–Trinajstić information content (AvgIpc) is 3.00. The van der Waals surface area contributed by atoms with Crippen molar-refractivity contribution < 1.29 is 10.6 Å². The van der Waals surface area contributed by atoms with E-state index in [0.717, 1.165) is 47.8 Å². The molecule has 4 rings (SSSR count). The summed E-state index contributed by atoms with van der Waals surface area (Å²) >= 11 is 0. The molecule has 9 atom stereocenters. The zero-order chi connectivity index (χ0) is 20.1. The Kier molecular flexibility index (Phi) is 7.16. The van der Waals surface area contributed by atoms with Gasteiger partial charge in [0, 0.05) is 0 Å². The van der Waals surface area contributed by atoms with Crippen LogP contribution in [0.5, 0.6) is 0 Å². The number of hydrogen-bond acceptors (Lipinski definition) is 1. The van der Waals surface area contributed by atoms with E-state index in [2.05, 4.69) is 34.6 Å². The summed E-state index contributed by atoms with van der Waals surface area (Å²) in [6.45, 7) is 12.5. The van der Waals surface area contributed by atoms with Crippen LogP contribution in [0.3, 0.4) is 0 Å². The van der Waals surface area contributed by atoms with Gasteiger partial charge in [0.1, 0.15) is 0 Å². The highest BCUT2D eigenvalue weighted by atomic mass is 16.3. The predicted molar refractivity (Wildman–Crippen MR) is 123 cm³/mol. The SMILES string of the molecule is CC(C)CCC[C@@H](C)[C@H]1CC[C@H]2[C@@H]3CCC4CCCC(O)[C@]4(C)[C@H]3CC[C@]12C.O. The maximum absolute atomic E-state index is 11.1. The van der Waals surface area contributed by atoms with Crippen molar-refractivity contribution in [3.8, 4) is 0 Å². The molecule has 2 heteroatoms. The fourth-order valence-electron chi connectivity index (χ4n) is 9.34. The normalized spacial score (nSPS) is 47.7. The highest BCUT2D eigenvalue weighted by Crippen LogP contribution is 2.68. The topological polar surface area (TPSA) is 51.7 Å². The van der Waals surface area contributed by atoms with Crippen LogP contribution in [0, 0.1) is 52.3 Å². The van der Waals surface area contributed by atoms with Crippen LogP contribution in [0.1, 0.15) is 112 Å². The summed E-state index contributed by atoms with van der Waals surface area (Å²) in [5, 5.41) is 11.1. The molecule has 0 amide bonds. The first kappa shape index (κ1) is 23.6. The highest BCUT2D eigenvalue weighted by molar-refractivity contribution is 5.10. The minimum atomic E-state index is -0.0319. The van der Waals surface area contributed by atoms with Gasteiger partial charge in [0.15, 0.2) is 0 Å². The lowest BCUT2D eigenvalue weighted by molar-refractivity contribution is -0.164. The van der Waals surface area contributed by atoms with Crippen molar-refractivity contribution in [3.05, 3.63) is 0 Å². The molecule has 0 aliphatic heterocycles. The van der Waals surface area contributed by atoms with Gasteiger partial charge in [0.25, 0.3) is 0 Å². The van der Waals surface area contributed by atoms with Crippen LogP contribution in [0.4, 0.5) is 0 Å². The predicted octanol–water partition coefficient (Wildman–Crippen LogP) is 6.64. The van der Waals surface area contributed by atoms with Crippen molar-refractivity contribution >= 4 is 0 Å². The van der Waals surface area contributed by atoms with Crippen molar-refractivity contribution in [2.75, 3.05) is 0 Å². The molecule has 4 saturated carbocycles. The van der Waals surface area contributed by atoms with E-state index >= 15 is 0 Å². The van der Waals surface area contributed by atoms with Gasteiger partial charge in [-0.15, -0.1) is 0 Å². The molecule has 0 spiro atoms. The molecule has 0 aromatic carbocycles. The van der Waals surface area contributed by atoms with E-state index in [1.807, 2.05) is 0 Å². The maximum atomic E-state index is 11.1. The minimum Gasteiger partial charge on any atom is -0.412 e. The minimum absolute atomic E-state index is 0. The molecule has 0 aromatic heterocycles. The van der Waals surface area contributed by atoms with Crippen molar-refractivity contribution in [2.45, 2.75) is 118 Å². The number of aliphatic hydroxyl groups excluding tert-OH is 1. The first-order valence-corrected chi connectivity index (χ1v) is 13.0. The molecule has 4 aliphatic carbocycles. The quantitative estimate of drug-likeness (QED) is 0.546. The first-order valence-electron chi connectivity index (χ1n) is 13.0. The van der Waals surface area contributed by atoms with Crippen LogP contribution in [-0.2, 0) is 0 Å². The largest absolute Gasteiger partial charge is 0.412 e. The fraction of sp³-hybridized carbons (Fsp3) is 1.00. The van der Waals surface area contributed by atoms with E-state index in [-0.39, 0.29) is 17.0 Å². The van der Waals surface area contributed by atoms with Gasteiger partial charge in [-0.2, -0.15) is 0 Å². The zero-order valence-electron chi connectivity index (χ0n) is 20.1. The van der Waals surface area contributed by atoms with E-state index < -0.39 is 0 Å². The van der Waals surface area contributed by atoms with Crippen LogP contribution in [-0.4, -0.2) is 16.7 Å². The molecule has 170 valence electrons. The third-order valence-electron chi connectivity index (χ3n) is 10.9. The lowest BCUT2D eigenvalue weighted by Crippen LogP contribution is -2.57. The molecule has 3 N–H and O–H groups in total. The molecule has 4 fully saturated rings. The van der Waals surface area contributed by atoms with Gasteiger partial charge >= 0.3 is 0 Å². The van der Waals surface area contributed by atoms with Crippen molar-refractivity contribution in [1.82, 2.24) is 0 Å². The molecule has 4 aliphatic rings. The number of fused-ring (bicyclic) bond motifs is 5. The molecule has 0 aromatic rings. The van der Waals surface area contributed by atoms with Gasteiger partial charge in [0.05, 0.1) is 6.10 Å². The Labute approximate surface area is 180 Å². The van der Waals surface area contributed by atoms with Crippen molar-refractivity contribution in [2.24, 2.45) is 52.3 Å². The highest BCUT2D eigenvalue weighted by Gasteiger charge is 2.61. The van der Waals surface area contributed by atoms with E-state index in [1.54, 1.807) is 0 Å². The summed E-state index contributed by atoms with van der Waals surface area (Å²) in [5.74, 6) is 6.15. The van der Waals surface area contributed by atoms with Crippen LogP contribution in [0.15, 0.2) is 0 Å². The molecule has 0 bridgehead atoms. The molecular formula is C27H50O2. The van der Waals surface area contributed by atoms with Gasteiger partial charge in [0.2, 0.25) is 0 Å². The Hall–Kier alpha value is -0.0800. The summed E-state index contributed by atoms with van der Waals surface area (Å²) in [6, 6.07) is 0. The van der Waals surface area contributed by atoms with Crippen LogP contribution < -0.4 is 0 Å². The summed E-state index contributed by atoms with van der Waals surface area (Å²) < 4.78 is 0. The second-order valence-corrected chi connectivity index (χ2v) is 12.5. The van der Waals surface area contributed by atoms with E-state index in [1.165, 1.54) is 70.6 Å². The molecule has 2 unspecified atom stereocenters. The third-order valence-corrected chi connectivity index (χ3v) is 10.9. The van der Waals surface area contributed by atoms with E-state index in [4.69, 9.17) is 0 Å². The molecule has 0 heterocycles. The third kappa shape index (κ3) is 3.84. The standard InChI is InChI=1S/C27H48O.H2O/c1-18(2)8-6-9-19(3)22-14-15-23-21-13-12-20-10-7-11-25(28)27(20,5)24(21)16-17-26(22,23)4;/h18-25,28H,6-17H2,1-5H3;1H2/t19-,20?,21+,22-,23+,24+,25?,26-,27+;/m1./s1. The van der Waals surface area contributed by atoms with Gasteiger partial charge in [-0.1, -0.05) is 60.3 Å². The molecule has 0 radical (unpaired) electrons. The Morgan fingerprint density at radius 3 is 2.34 bits per heavy atom. The molecular weight excluding hydrogens is 356 g/mol. The second kappa shape index (κ2) is 8.81. The first-order chi connectivity index (χ1) is 13.3.